The van der Waals surface area contributed by atoms with Gasteiger partial charge in [-0.15, -0.1) is 0 Å². The van der Waals surface area contributed by atoms with Crippen molar-refractivity contribution in [3.05, 3.63) is 65.5 Å². The molecule has 1 amide bonds. The molecular formula is C22H26N3O3+. The van der Waals surface area contributed by atoms with Crippen molar-refractivity contribution in [3.8, 4) is 0 Å². The number of carbonyl (C=O) groups excluding carboxylic acids is 3. The van der Waals surface area contributed by atoms with Gasteiger partial charge in [0.05, 0.1) is 26.7 Å². The van der Waals surface area contributed by atoms with E-state index in [1.165, 1.54) is 4.90 Å². The molecule has 0 bridgehead atoms. The van der Waals surface area contributed by atoms with Crippen LogP contribution in [-0.2, 0) is 9.59 Å². The summed E-state index contributed by atoms with van der Waals surface area (Å²) in [5.74, 6) is -2.55. The van der Waals surface area contributed by atoms with Crippen LogP contribution in [0.25, 0.3) is 0 Å². The zero-order valence-electron chi connectivity index (χ0n) is 16.5. The Bertz CT molecular complexity index is 862. The highest BCUT2D eigenvalue weighted by Crippen LogP contribution is 2.37. The molecule has 0 saturated carbocycles. The predicted octanol–water partition coefficient (Wildman–Crippen LogP) is 0.876. The average molecular weight is 380 g/mol. The van der Waals surface area contributed by atoms with Crippen molar-refractivity contribution < 1.29 is 19.3 Å². The fourth-order valence-electron chi connectivity index (χ4n) is 3.65. The zero-order valence-corrected chi connectivity index (χ0v) is 16.5. The van der Waals surface area contributed by atoms with E-state index < -0.39 is 23.7 Å². The molecule has 1 saturated heterocycles. The first-order valence-corrected chi connectivity index (χ1v) is 9.55. The van der Waals surface area contributed by atoms with Crippen molar-refractivity contribution in [2.45, 2.75) is 19.4 Å². The molecule has 0 radical (unpaired) electrons. The first-order chi connectivity index (χ1) is 13.4. The van der Waals surface area contributed by atoms with E-state index in [2.05, 4.69) is 4.98 Å². The molecule has 6 nitrogen and oxygen atoms in total. The van der Waals surface area contributed by atoms with Crippen LogP contribution in [0.15, 0.2) is 48.8 Å². The Morgan fingerprint density at radius 1 is 1.14 bits per heavy atom. The smallest absolute Gasteiger partial charge is 0.291 e. The van der Waals surface area contributed by atoms with Gasteiger partial charge in [-0.3, -0.25) is 19.4 Å². The molecule has 146 valence electrons. The summed E-state index contributed by atoms with van der Waals surface area (Å²) in [6.07, 6.45) is 4.03. The van der Waals surface area contributed by atoms with E-state index in [9.17, 15) is 14.4 Å². The molecule has 2 heterocycles. The normalized spacial score (nSPS) is 19.5. The van der Waals surface area contributed by atoms with Crippen molar-refractivity contribution in [1.29, 1.82) is 0 Å². The molecular weight excluding hydrogens is 354 g/mol. The highest BCUT2D eigenvalue weighted by molar-refractivity contribution is 6.44. The minimum absolute atomic E-state index is 0.312. The number of aromatic nitrogens is 1. The van der Waals surface area contributed by atoms with Gasteiger partial charge in [0.2, 0.25) is 5.78 Å². The lowest BCUT2D eigenvalue weighted by Crippen LogP contribution is -3.05. The number of rotatable bonds is 7. The van der Waals surface area contributed by atoms with Crippen LogP contribution in [0.1, 0.15) is 33.9 Å². The fraction of sp³-hybridized carbons (Fsp3) is 0.364. The van der Waals surface area contributed by atoms with E-state index in [-0.39, 0.29) is 5.78 Å². The van der Waals surface area contributed by atoms with Crippen LogP contribution in [0, 0.1) is 12.8 Å². The van der Waals surface area contributed by atoms with Crippen LogP contribution < -0.4 is 4.90 Å². The van der Waals surface area contributed by atoms with Gasteiger partial charge in [0.15, 0.2) is 5.78 Å². The number of amides is 1. The summed E-state index contributed by atoms with van der Waals surface area (Å²) in [6.45, 7) is 3.24. The summed E-state index contributed by atoms with van der Waals surface area (Å²) < 4.78 is 0. The van der Waals surface area contributed by atoms with Gasteiger partial charge >= 0.3 is 0 Å². The Morgan fingerprint density at radius 2 is 1.86 bits per heavy atom. The first kappa shape index (κ1) is 19.9. The van der Waals surface area contributed by atoms with Crippen LogP contribution >= 0.6 is 0 Å². The van der Waals surface area contributed by atoms with E-state index in [4.69, 9.17) is 0 Å². The molecule has 2 atom stereocenters. The third kappa shape index (κ3) is 4.02. The van der Waals surface area contributed by atoms with E-state index >= 15 is 0 Å². The number of Topliss-reactive ketones (excluding diaryl/α,β-unsaturated/α-hetero) is 2. The summed E-state index contributed by atoms with van der Waals surface area (Å²) in [4.78, 5) is 45.8. The third-order valence-corrected chi connectivity index (χ3v) is 5.13. The number of pyridine rings is 1. The molecule has 2 unspecified atom stereocenters. The van der Waals surface area contributed by atoms with E-state index in [1.54, 1.807) is 35.5 Å². The van der Waals surface area contributed by atoms with E-state index in [1.807, 2.05) is 39.2 Å². The molecule has 1 fully saturated rings. The maximum atomic E-state index is 13.2. The average Bonchev–Trinajstić information content (AvgIpc) is 2.93. The van der Waals surface area contributed by atoms with Crippen molar-refractivity contribution in [2.24, 2.45) is 5.92 Å². The van der Waals surface area contributed by atoms with Crippen LogP contribution in [0.3, 0.4) is 0 Å². The van der Waals surface area contributed by atoms with Gasteiger partial charge in [0.25, 0.3) is 5.91 Å². The van der Waals surface area contributed by atoms with Crippen molar-refractivity contribution in [1.82, 2.24) is 9.88 Å². The number of hydrogen-bond acceptors (Lipinski definition) is 4. The molecule has 0 spiro atoms. The molecule has 28 heavy (non-hydrogen) atoms. The number of nitrogens with zero attached hydrogens (tertiary/aromatic N) is 2. The summed E-state index contributed by atoms with van der Waals surface area (Å²) in [5, 5.41) is 0. The van der Waals surface area contributed by atoms with Gasteiger partial charge in [-0.1, -0.05) is 35.9 Å². The SMILES string of the molecule is Cc1ccc(C(=O)C2C(=O)C(=O)N(CCC[NH+](C)C)C2c2cccnc2)cc1. The van der Waals surface area contributed by atoms with Crippen molar-refractivity contribution in [3.63, 3.8) is 0 Å². The number of hydrogen-bond donors (Lipinski definition) is 1. The molecule has 1 aliphatic heterocycles. The summed E-state index contributed by atoms with van der Waals surface area (Å²) in [5.41, 5.74) is 2.19. The highest BCUT2D eigenvalue weighted by Gasteiger charge is 2.51. The van der Waals surface area contributed by atoms with E-state index in [0.717, 1.165) is 18.5 Å². The van der Waals surface area contributed by atoms with Crippen LogP contribution in [0.4, 0.5) is 0 Å². The number of benzene rings is 1. The highest BCUT2D eigenvalue weighted by atomic mass is 16.2. The number of quaternary nitrogens is 1. The second kappa shape index (κ2) is 8.44. The predicted molar refractivity (Wildman–Crippen MR) is 105 cm³/mol. The molecule has 1 aromatic heterocycles. The second-order valence-electron chi connectivity index (χ2n) is 7.61. The summed E-state index contributed by atoms with van der Waals surface area (Å²) >= 11 is 0. The maximum absolute atomic E-state index is 13.2. The topological polar surface area (TPSA) is 71.8 Å². The minimum Gasteiger partial charge on any atom is -0.340 e. The van der Waals surface area contributed by atoms with Crippen LogP contribution in [0.5, 0.6) is 0 Å². The Labute approximate surface area is 165 Å². The Morgan fingerprint density at radius 3 is 2.46 bits per heavy atom. The molecule has 1 N–H and O–H groups in total. The van der Waals surface area contributed by atoms with Crippen molar-refractivity contribution in [2.75, 3.05) is 27.2 Å². The number of nitrogens with one attached hydrogen (secondary N) is 1. The second-order valence-corrected chi connectivity index (χ2v) is 7.61. The summed E-state index contributed by atoms with van der Waals surface area (Å²) in [6, 6.07) is 10.1. The molecule has 6 heteroatoms. The minimum atomic E-state index is -1.04. The molecule has 2 aromatic rings. The van der Waals surface area contributed by atoms with Gasteiger partial charge in [0.1, 0.15) is 5.92 Å². The first-order valence-electron chi connectivity index (χ1n) is 9.55. The van der Waals surface area contributed by atoms with Gasteiger partial charge in [0, 0.05) is 30.9 Å². The lowest BCUT2D eigenvalue weighted by molar-refractivity contribution is -0.858. The Balaban J connectivity index is 1.96. The third-order valence-electron chi connectivity index (χ3n) is 5.13. The quantitative estimate of drug-likeness (QED) is 0.440. The van der Waals surface area contributed by atoms with Crippen LogP contribution in [0.2, 0.25) is 0 Å². The zero-order chi connectivity index (χ0) is 20.3. The lowest BCUT2D eigenvalue weighted by atomic mass is 9.86. The van der Waals surface area contributed by atoms with Gasteiger partial charge in [-0.2, -0.15) is 0 Å². The molecule has 0 aliphatic carbocycles. The van der Waals surface area contributed by atoms with Gasteiger partial charge < -0.3 is 9.80 Å². The monoisotopic (exact) mass is 380 g/mol. The molecule has 1 aromatic carbocycles. The Hall–Kier alpha value is -2.86. The maximum Gasteiger partial charge on any atom is 0.291 e. The number of carbonyl (C=O) groups is 3. The lowest BCUT2D eigenvalue weighted by Gasteiger charge is -2.27. The van der Waals surface area contributed by atoms with Crippen LogP contribution in [-0.4, -0.2) is 54.5 Å². The summed E-state index contributed by atoms with van der Waals surface area (Å²) in [7, 11) is 4.08. The van der Waals surface area contributed by atoms with Crippen molar-refractivity contribution >= 4 is 17.5 Å². The number of likely N-dealkylation sites (tertiary alicyclic amines) is 1. The van der Waals surface area contributed by atoms with Gasteiger partial charge in [-0.05, 0) is 18.6 Å². The standard InChI is InChI=1S/C22H25N3O3/c1-15-7-9-16(10-8-15)20(26)18-19(17-6-4-11-23-14-17)25(22(28)21(18)27)13-5-12-24(2)3/h4,6-11,14,18-19H,5,12-13H2,1-3H3/p+1. The Kier molecular flexibility index (Phi) is 5.99. The fourth-order valence-corrected chi connectivity index (χ4v) is 3.65. The largest absolute Gasteiger partial charge is 0.340 e. The van der Waals surface area contributed by atoms with E-state index in [0.29, 0.717) is 17.7 Å². The number of aryl methyl sites for hydroxylation is 1. The number of ketones is 2. The molecule has 3 rings (SSSR count). The molecule has 1 aliphatic rings. The van der Waals surface area contributed by atoms with Gasteiger partial charge in [-0.25, -0.2) is 0 Å².